The Labute approximate surface area is 129 Å². The van der Waals surface area contributed by atoms with Gasteiger partial charge in [-0.1, -0.05) is 19.3 Å². The lowest BCUT2D eigenvalue weighted by atomic mass is 9.94. The van der Waals surface area contributed by atoms with Gasteiger partial charge in [0.25, 0.3) is 5.69 Å². The Hall–Kier alpha value is -2.11. The number of rotatable bonds is 3. The average molecular weight is 303 g/mol. The largest absolute Gasteiger partial charge is 0.325 e. The third kappa shape index (κ3) is 2.65. The van der Waals surface area contributed by atoms with Crippen molar-refractivity contribution >= 4 is 17.4 Å². The number of urea groups is 1. The van der Waals surface area contributed by atoms with Gasteiger partial charge in [-0.25, -0.2) is 4.79 Å². The molecule has 1 heterocycles. The summed E-state index contributed by atoms with van der Waals surface area (Å²) in [5.41, 5.74) is 0.786. The van der Waals surface area contributed by atoms with E-state index in [2.05, 4.69) is 0 Å². The van der Waals surface area contributed by atoms with Crippen molar-refractivity contribution in [2.75, 3.05) is 11.4 Å². The first kappa shape index (κ1) is 14.8. The molecular formula is C16H21N3O3. The predicted molar refractivity (Wildman–Crippen MR) is 84.0 cm³/mol. The summed E-state index contributed by atoms with van der Waals surface area (Å²) in [5, 5.41) is 10.7. The van der Waals surface area contributed by atoms with Crippen LogP contribution in [0.5, 0.6) is 0 Å². The molecule has 1 unspecified atom stereocenters. The van der Waals surface area contributed by atoms with Crippen LogP contribution in [0.3, 0.4) is 0 Å². The number of benzene rings is 1. The summed E-state index contributed by atoms with van der Waals surface area (Å²) >= 11 is 0. The average Bonchev–Trinajstić information content (AvgIpc) is 2.83. The lowest BCUT2D eigenvalue weighted by Gasteiger charge is -2.30. The third-order valence-electron chi connectivity index (χ3n) is 4.71. The normalized spacial score (nSPS) is 23.1. The minimum Gasteiger partial charge on any atom is -0.319 e. The summed E-state index contributed by atoms with van der Waals surface area (Å²) in [7, 11) is 0. The molecule has 2 aliphatic rings. The Balaban J connectivity index is 1.78. The van der Waals surface area contributed by atoms with Gasteiger partial charge in [0.05, 0.1) is 11.0 Å². The smallest absolute Gasteiger partial charge is 0.319 e. The number of anilines is 1. The molecular weight excluding hydrogens is 282 g/mol. The highest BCUT2D eigenvalue weighted by molar-refractivity contribution is 5.95. The second-order valence-electron chi connectivity index (χ2n) is 6.22. The molecule has 0 aromatic heterocycles. The lowest BCUT2D eigenvalue weighted by molar-refractivity contribution is -0.384. The summed E-state index contributed by atoms with van der Waals surface area (Å²) in [6.45, 7) is 2.77. The van der Waals surface area contributed by atoms with Crippen LogP contribution in [0, 0.1) is 10.1 Å². The van der Waals surface area contributed by atoms with E-state index in [1.54, 1.807) is 17.0 Å². The molecule has 6 heteroatoms. The summed E-state index contributed by atoms with van der Waals surface area (Å²) < 4.78 is 0. The number of carbonyl (C=O) groups is 1. The first-order chi connectivity index (χ1) is 10.6. The molecule has 1 aromatic carbocycles. The van der Waals surface area contributed by atoms with Gasteiger partial charge in [-0.05, 0) is 31.9 Å². The van der Waals surface area contributed by atoms with Crippen LogP contribution in [-0.4, -0.2) is 34.5 Å². The minimum atomic E-state index is -0.423. The molecule has 1 saturated heterocycles. The molecule has 22 heavy (non-hydrogen) atoms. The predicted octanol–water partition coefficient (Wildman–Crippen LogP) is 3.56. The molecule has 0 bridgehead atoms. The van der Waals surface area contributed by atoms with Crippen molar-refractivity contribution in [1.29, 1.82) is 0 Å². The Bertz CT molecular complexity index is 567. The number of carbonyl (C=O) groups excluding carboxylic acids is 1. The zero-order valence-electron chi connectivity index (χ0n) is 12.8. The first-order valence-corrected chi connectivity index (χ1v) is 7.92. The highest BCUT2D eigenvalue weighted by atomic mass is 16.6. The van der Waals surface area contributed by atoms with Crippen molar-refractivity contribution in [3.05, 3.63) is 34.4 Å². The minimum absolute atomic E-state index is 0.0354. The van der Waals surface area contributed by atoms with Crippen LogP contribution in [0.2, 0.25) is 0 Å². The number of amides is 2. The molecule has 1 aliphatic carbocycles. The van der Waals surface area contributed by atoms with Crippen LogP contribution in [-0.2, 0) is 0 Å². The van der Waals surface area contributed by atoms with Gasteiger partial charge >= 0.3 is 6.03 Å². The zero-order chi connectivity index (χ0) is 15.7. The molecule has 1 aromatic rings. The van der Waals surface area contributed by atoms with Crippen LogP contribution in [0.4, 0.5) is 16.2 Å². The fourth-order valence-corrected chi connectivity index (χ4v) is 3.57. The Kier molecular flexibility index (Phi) is 4.00. The molecule has 6 nitrogen and oxygen atoms in total. The maximum absolute atomic E-state index is 12.8. The molecule has 118 valence electrons. The van der Waals surface area contributed by atoms with Gasteiger partial charge in [0.15, 0.2) is 0 Å². The lowest BCUT2D eigenvalue weighted by Crippen LogP contribution is -2.40. The van der Waals surface area contributed by atoms with E-state index in [4.69, 9.17) is 0 Å². The number of hydrogen-bond acceptors (Lipinski definition) is 3. The summed E-state index contributed by atoms with van der Waals surface area (Å²) in [4.78, 5) is 26.8. The van der Waals surface area contributed by atoms with Crippen LogP contribution in [0.15, 0.2) is 24.3 Å². The topological polar surface area (TPSA) is 66.7 Å². The molecule has 2 fully saturated rings. The zero-order valence-corrected chi connectivity index (χ0v) is 12.8. The molecule has 1 aliphatic heterocycles. The van der Waals surface area contributed by atoms with Gasteiger partial charge in [-0.15, -0.1) is 0 Å². The fourth-order valence-electron chi connectivity index (χ4n) is 3.57. The van der Waals surface area contributed by atoms with Gasteiger partial charge in [-0.3, -0.25) is 15.0 Å². The van der Waals surface area contributed by atoms with E-state index in [0.29, 0.717) is 6.04 Å². The summed E-state index contributed by atoms with van der Waals surface area (Å²) in [5.74, 6) is 0. The second kappa shape index (κ2) is 5.94. The number of nitro benzene ring substituents is 1. The van der Waals surface area contributed by atoms with Crippen LogP contribution < -0.4 is 4.90 Å². The van der Waals surface area contributed by atoms with E-state index < -0.39 is 4.92 Å². The summed E-state index contributed by atoms with van der Waals surface area (Å²) in [6.07, 6.45) is 5.83. The van der Waals surface area contributed by atoms with Gasteiger partial charge in [0.2, 0.25) is 0 Å². The maximum Gasteiger partial charge on any atom is 0.325 e. The van der Waals surface area contributed by atoms with E-state index in [-0.39, 0.29) is 17.8 Å². The van der Waals surface area contributed by atoms with Gasteiger partial charge in [-0.2, -0.15) is 0 Å². The van der Waals surface area contributed by atoms with E-state index in [1.807, 2.05) is 11.8 Å². The van der Waals surface area contributed by atoms with Gasteiger partial charge in [0, 0.05) is 30.4 Å². The summed E-state index contributed by atoms with van der Waals surface area (Å²) in [6, 6.07) is 6.72. The number of non-ortho nitro benzene ring substituents is 1. The van der Waals surface area contributed by atoms with Crippen LogP contribution in [0.25, 0.3) is 0 Å². The highest BCUT2D eigenvalue weighted by Crippen LogP contribution is 2.31. The van der Waals surface area contributed by atoms with Crippen molar-refractivity contribution in [1.82, 2.24) is 4.90 Å². The van der Waals surface area contributed by atoms with E-state index in [1.165, 1.54) is 31.4 Å². The van der Waals surface area contributed by atoms with E-state index >= 15 is 0 Å². The molecule has 1 atom stereocenters. The van der Waals surface area contributed by atoms with Gasteiger partial charge < -0.3 is 4.90 Å². The number of nitro groups is 1. The Morgan fingerprint density at radius 3 is 2.36 bits per heavy atom. The molecule has 1 saturated carbocycles. The molecule has 0 N–H and O–H groups in total. The van der Waals surface area contributed by atoms with Gasteiger partial charge in [0.1, 0.15) is 0 Å². The first-order valence-electron chi connectivity index (χ1n) is 7.92. The third-order valence-corrected chi connectivity index (χ3v) is 4.71. The molecule has 0 radical (unpaired) electrons. The number of nitrogens with zero attached hydrogens (tertiary/aromatic N) is 3. The molecule has 3 rings (SSSR count). The Morgan fingerprint density at radius 1 is 1.14 bits per heavy atom. The van der Waals surface area contributed by atoms with E-state index in [9.17, 15) is 14.9 Å². The van der Waals surface area contributed by atoms with Crippen molar-refractivity contribution in [2.45, 2.75) is 51.1 Å². The van der Waals surface area contributed by atoms with Crippen molar-refractivity contribution in [3.8, 4) is 0 Å². The molecule has 2 amide bonds. The highest BCUT2D eigenvalue weighted by Gasteiger charge is 2.39. The van der Waals surface area contributed by atoms with Crippen LogP contribution in [0.1, 0.15) is 39.0 Å². The van der Waals surface area contributed by atoms with Crippen molar-refractivity contribution < 1.29 is 9.72 Å². The van der Waals surface area contributed by atoms with Crippen molar-refractivity contribution in [2.24, 2.45) is 0 Å². The molecule has 0 spiro atoms. The van der Waals surface area contributed by atoms with Crippen molar-refractivity contribution in [3.63, 3.8) is 0 Å². The SMILES string of the molecule is CC1CN(C2CCCCC2)C(=O)N1c1ccc([N+](=O)[O-])cc1. The second-order valence-corrected chi connectivity index (χ2v) is 6.22. The standard InChI is InChI=1S/C16H21N3O3/c1-12-11-17(13-5-3-2-4-6-13)16(20)18(12)14-7-9-15(10-8-14)19(21)22/h7-10,12-13H,2-6,11H2,1H3. The fraction of sp³-hybridized carbons (Fsp3) is 0.562. The Morgan fingerprint density at radius 2 is 1.77 bits per heavy atom. The van der Waals surface area contributed by atoms with E-state index in [0.717, 1.165) is 25.1 Å². The monoisotopic (exact) mass is 303 g/mol. The quantitative estimate of drug-likeness (QED) is 0.633. The van der Waals surface area contributed by atoms with Crippen LogP contribution >= 0.6 is 0 Å². The maximum atomic E-state index is 12.8. The number of hydrogen-bond donors (Lipinski definition) is 0.